The number of esters is 2. The number of hydrogen-bond donors (Lipinski definition) is 1. The summed E-state index contributed by atoms with van der Waals surface area (Å²) in [4.78, 5) is 40.8. The summed E-state index contributed by atoms with van der Waals surface area (Å²) in [5.41, 5.74) is -0.168. The molecule has 196 valence electrons. The van der Waals surface area contributed by atoms with Gasteiger partial charge >= 0.3 is 11.9 Å². The van der Waals surface area contributed by atoms with Gasteiger partial charge in [-0.05, 0) is 26.7 Å². The first-order chi connectivity index (χ1) is 16.5. The number of alkyl halides is 2. The van der Waals surface area contributed by atoms with E-state index in [-0.39, 0.29) is 23.8 Å². The van der Waals surface area contributed by atoms with Crippen LogP contribution in [0.4, 0.5) is 8.78 Å². The summed E-state index contributed by atoms with van der Waals surface area (Å²) < 4.78 is 52.6. The number of pyridine rings is 1. The van der Waals surface area contributed by atoms with Gasteiger partial charge in [-0.25, -0.2) is 18.6 Å². The van der Waals surface area contributed by atoms with Crippen molar-refractivity contribution in [1.82, 2.24) is 10.3 Å². The number of cyclic esters (lactones) is 1. The Balaban J connectivity index is 2.08. The number of ether oxygens (including phenoxy) is 5. The Morgan fingerprint density at radius 2 is 2.00 bits per heavy atom. The van der Waals surface area contributed by atoms with Crippen LogP contribution in [0.25, 0.3) is 0 Å². The molecule has 1 aliphatic heterocycles. The van der Waals surface area contributed by atoms with Crippen LogP contribution in [-0.2, 0) is 23.8 Å². The first-order valence-corrected chi connectivity index (χ1v) is 11.3. The normalized spacial score (nSPS) is 21.1. The van der Waals surface area contributed by atoms with Crippen molar-refractivity contribution in [3.63, 3.8) is 0 Å². The predicted molar refractivity (Wildman–Crippen MR) is 118 cm³/mol. The maximum Gasteiger partial charge on any atom is 0.329 e. The van der Waals surface area contributed by atoms with Crippen LogP contribution in [0.3, 0.4) is 0 Å². The highest BCUT2D eigenvalue weighted by Crippen LogP contribution is 2.30. The van der Waals surface area contributed by atoms with Gasteiger partial charge in [0.25, 0.3) is 5.91 Å². The Hall–Kier alpha value is -3.02. The van der Waals surface area contributed by atoms with E-state index in [1.807, 2.05) is 0 Å². The molecule has 1 N–H and O–H groups in total. The topological polar surface area (TPSA) is 122 Å². The van der Waals surface area contributed by atoms with E-state index in [4.69, 9.17) is 23.7 Å². The molecule has 10 nitrogen and oxygen atoms in total. The fraction of sp³-hybridized carbons (Fsp3) is 0.652. The molecule has 35 heavy (non-hydrogen) atoms. The monoisotopic (exact) mass is 502 g/mol. The minimum atomic E-state index is -2.84. The summed E-state index contributed by atoms with van der Waals surface area (Å²) in [7, 11) is 1.37. The van der Waals surface area contributed by atoms with Crippen molar-refractivity contribution in [1.29, 1.82) is 0 Å². The van der Waals surface area contributed by atoms with Gasteiger partial charge in [-0.3, -0.25) is 9.59 Å². The van der Waals surface area contributed by atoms with Crippen molar-refractivity contribution < 1.29 is 46.8 Å². The summed E-state index contributed by atoms with van der Waals surface area (Å²) in [5.74, 6) is -4.68. The van der Waals surface area contributed by atoms with Crippen molar-refractivity contribution in [2.45, 2.75) is 77.0 Å². The summed E-state index contributed by atoms with van der Waals surface area (Å²) in [6.45, 7) is 3.03. The fourth-order valence-electron chi connectivity index (χ4n) is 3.42. The molecule has 0 spiro atoms. The summed E-state index contributed by atoms with van der Waals surface area (Å²) >= 11 is 0. The molecule has 0 saturated carbocycles. The molecular formula is C23H32F2N2O8. The molecule has 1 saturated heterocycles. The molecule has 2 heterocycles. The lowest BCUT2D eigenvalue weighted by atomic mass is 10.0. The van der Waals surface area contributed by atoms with Gasteiger partial charge in [-0.2, -0.15) is 0 Å². The maximum atomic E-state index is 13.1. The Labute approximate surface area is 202 Å². The SMILES string of the molecule is COc1ccnc(C(=O)N[C@H]2CCCC[C@@H](OCCC(C)(F)F)[C@H](C)OC2=O)c1OCOC(C)=O. The number of carbonyl (C=O) groups is 3. The second kappa shape index (κ2) is 13.2. The van der Waals surface area contributed by atoms with E-state index in [1.54, 1.807) is 6.92 Å². The van der Waals surface area contributed by atoms with Gasteiger partial charge in [-0.1, -0.05) is 12.8 Å². The molecule has 0 bridgehead atoms. The van der Waals surface area contributed by atoms with E-state index < -0.39 is 55.2 Å². The van der Waals surface area contributed by atoms with E-state index in [9.17, 15) is 23.2 Å². The number of aromatic nitrogens is 1. The highest BCUT2D eigenvalue weighted by Gasteiger charge is 2.32. The van der Waals surface area contributed by atoms with E-state index >= 15 is 0 Å². The average molecular weight is 503 g/mol. The van der Waals surface area contributed by atoms with Gasteiger partial charge in [0, 0.05) is 25.6 Å². The molecule has 12 heteroatoms. The van der Waals surface area contributed by atoms with Crippen molar-refractivity contribution in [2.75, 3.05) is 20.5 Å². The Morgan fingerprint density at radius 3 is 2.66 bits per heavy atom. The highest BCUT2D eigenvalue weighted by molar-refractivity contribution is 5.98. The zero-order chi connectivity index (χ0) is 26.0. The van der Waals surface area contributed by atoms with Gasteiger partial charge in [0.15, 0.2) is 17.2 Å². The van der Waals surface area contributed by atoms with E-state index in [0.717, 1.165) is 6.92 Å². The van der Waals surface area contributed by atoms with Crippen LogP contribution < -0.4 is 14.8 Å². The molecular weight excluding hydrogens is 470 g/mol. The number of amides is 1. The third-order valence-corrected chi connectivity index (χ3v) is 5.29. The number of halogens is 2. The first-order valence-electron chi connectivity index (χ1n) is 11.3. The van der Waals surface area contributed by atoms with Gasteiger partial charge in [0.2, 0.25) is 12.7 Å². The van der Waals surface area contributed by atoms with Crippen LogP contribution in [0.5, 0.6) is 11.5 Å². The molecule has 0 aliphatic carbocycles. The molecule has 0 aromatic carbocycles. The molecule has 1 aliphatic rings. The second-order valence-electron chi connectivity index (χ2n) is 8.27. The van der Waals surface area contributed by atoms with Crippen LogP contribution in [0.15, 0.2) is 12.3 Å². The Morgan fingerprint density at radius 1 is 1.29 bits per heavy atom. The summed E-state index contributed by atoms with van der Waals surface area (Å²) in [6.07, 6.45) is 1.71. The quantitative estimate of drug-likeness (QED) is 0.380. The van der Waals surface area contributed by atoms with Crippen molar-refractivity contribution >= 4 is 17.8 Å². The van der Waals surface area contributed by atoms with Crippen LogP contribution >= 0.6 is 0 Å². The second-order valence-corrected chi connectivity index (χ2v) is 8.27. The minimum absolute atomic E-state index is 0.0558. The van der Waals surface area contributed by atoms with Gasteiger partial charge in [-0.15, -0.1) is 0 Å². The average Bonchev–Trinajstić information content (AvgIpc) is 2.83. The van der Waals surface area contributed by atoms with Crippen LogP contribution in [-0.4, -0.2) is 67.5 Å². The van der Waals surface area contributed by atoms with E-state index in [2.05, 4.69) is 10.3 Å². The van der Waals surface area contributed by atoms with Gasteiger partial charge in [0.1, 0.15) is 12.1 Å². The van der Waals surface area contributed by atoms with Gasteiger partial charge in [0.05, 0.1) is 19.8 Å². The number of nitrogens with one attached hydrogen (secondary N) is 1. The molecule has 0 unspecified atom stereocenters. The van der Waals surface area contributed by atoms with Crippen LogP contribution in [0, 0.1) is 0 Å². The van der Waals surface area contributed by atoms with Crippen LogP contribution in [0.1, 0.15) is 63.4 Å². The lowest BCUT2D eigenvalue weighted by molar-refractivity contribution is -0.159. The third-order valence-electron chi connectivity index (χ3n) is 5.29. The number of methoxy groups -OCH3 is 1. The van der Waals surface area contributed by atoms with E-state index in [1.165, 1.54) is 26.3 Å². The minimum Gasteiger partial charge on any atom is -0.493 e. The van der Waals surface area contributed by atoms with Crippen LogP contribution in [0.2, 0.25) is 0 Å². The number of rotatable bonds is 10. The largest absolute Gasteiger partial charge is 0.493 e. The predicted octanol–water partition coefficient (Wildman–Crippen LogP) is 3.02. The Kier molecular flexibility index (Phi) is 10.6. The number of carbonyl (C=O) groups excluding carboxylic acids is 3. The number of hydrogen-bond acceptors (Lipinski definition) is 9. The molecule has 2 rings (SSSR count). The molecule has 0 radical (unpaired) electrons. The standard InChI is InChI=1S/C23H32F2N2O8/c1-14-17(32-12-10-23(3,24)25)8-6-5-7-16(22(30)35-14)27-21(29)19-20(34-13-33-15(2)28)18(31-4)9-11-26-19/h9,11,14,16-17H,5-8,10,12-13H2,1-4H3,(H,27,29)/t14-,16-,17+/m0/s1. The number of nitrogens with zero attached hydrogens (tertiary/aromatic N) is 1. The van der Waals surface area contributed by atoms with Crippen molar-refractivity contribution in [3.8, 4) is 11.5 Å². The summed E-state index contributed by atoms with van der Waals surface area (Å²) in [6, 6.07) is 0.489. The molecule has 1 amide bonds. The molecule has 1 aromatic heterocycles. The first kappa shape index (κ1) is 28.2. The lowest BCUT2D eigenvalue weighted by Gasteiger charge is -2.25. The zero-order valence-corrected chi connectivity index (χ0v) is 20.3. The highest BCUT2D eigenvalue weighted by atomic mass is 19.3. The molecule has 1 fully saturated rings. The third kappa shape index (κ3) is 9.27. The maximum absolute atomic E-state index is 13.1. The van der Waals surface area contributed by atoms with E-state index in [0.29, 0.717) is 25.7 Å². The smallest absolute Gasteiger partial charge is 0.329 e. The molecule has 1 aromatic rings. The summed E-state index contributed by atoms with van der Waals surface area (Å²) in [5, 5.41) is 2.61. The Bertz CT molecular complexity index is 878. The van der Waals surface area contributed by atoms with Crippen molar-refractivity contribution in [3.05, 3.63) is 18.0 Å². The fourth-order valence-corrected chi connectivity index (χ4v) is 3.42. The van der Waals surface area contributed by atoms with Crippen molar-refractivity contribution in [2.24, 2.45) is 0 Å². The zero-order valence-electron chi connectivity index (χ0n) is 20.3. The molecule has 3 atom stereocenters. The van der Waals surface area contributed by atoms with Gasteiger partial charge < -0.3 is 29.0 Å². The lowest BCUT2D eigenvalue weighted by Crippen LogP contribution is -2.44.